The summed E-state index contributed by atoms with van der Waals surface area (Å²) in [5.74, 6) is 0.298. The van der Waals surface area contributed by atoms with Crippen molar-refractivity contribution in [2.75, 3.05) is 20.2 Å². The molecule has 2 aromatic carbocycles. The molecule has 3 aromatic rings. The van der Waals surface area contributed by atoms with Gasteiger partial charge in [-0.3, -0.25) is 4.79 Å². The summed E-state index contributed by atoms with van der Waals surface area (Å²) in [6, 6.07) is 14.2. The Kier molecular flexibility index (Phi) is 5.76. The number of pyridine rings is 1. The molecule has 0 spiro atoms. The van der Waals surface area contributed by atoms with Crippen molar-refractivity contribution in [1.29, 1.82) is 0 Å². The van der Waals surface area contributed by atoms with E-state index in [9.17, 15) is 26.4 Å². The number of halogens is 3. The Balaban J connectivity index is 1.46. The number of hydrogen-bond acceptors (Lipinski definition) is 4. The number of hydrogen-bond donors (Lipinski definition) is 0. The van der Waals surface area contributed by atoms with Crippen LogP contribution in [0.25, 0.3) is 11.1 Å². The van der Waals surface area contributed by atoms with Gasteiger partial charge in [-0.25, -0.2) is 8.42 Å². The van der Waals surface area contributed by atoms with Gasteiger partial charge < -0.3 is 9.30 Å². The number of sulfonamides is 1. The molecule has 6 nitrogen and oxygen atoms in total. The first-order valence-corrected chi connectivity index (χ1v) is 12.6. The summed E-state index contributed by atoms with van der Waals surface area (Å²) in [5.41, 5.74) is -0.0601. The van der Waals surface area contributed by atoms with E-state index in [1.807, 2.05) is 0 Å². The number of fused-ring (bicyclic) bond motifs is 4. The number of nitrogens with zero attached hydrogens (tertiary/aromatic N) is 2. The first kappa shape index (κ1) is 23.6. The highest BCUT2D eigenvalue weighted by molar-refractivity contribution is 7.89. The van der Waals surface area contributed by atoms with Crippen molar-refractivity contribution in [3.05, 3.63) is 82.3 Å². The first-order valence-electron chi connectivity index (χ1n) is 11.1. The van der Waals surface area contributed by atoms with E-state index in [1.165, 1.54) is 35.7 Å². The molecule has 2 atom stereocenters. The molecule has 0 unspecified atom stereocenters. The molecule has 1 fully saturated rings. The molecule has 0 N–H and O–H groups in total. The Hall–Kier alpha value is -3.11. The highest BCUT2D eigenvalue weighted by Crippen LogP contribution is 2.38. The molecule has 0 radical (unpaired) electrons. The lowest BCUT2D eigenvalue weighted by atomic mass is 9.84. The molecule has 2 bridgehead atoms. The van der Waals surface area contributed by atoms with Gasteiger partial charge in [-0.2, -0.15) is 17.5 Å². The Morgan fingerprint density at radius 1 is 0.971 bits per heavy atom. The van der Waals surface area contributed by atoms with Crippen LogP contribution in [0.15, 0.2) is 70.4 Å². The Morgan fingerprint density at radius 3 is 2.40 bits per heavy atom. The monoisotopic (exact) mass is 504 g/mol. The van der Waals surface area contributed by atoms with Crippen molar-refractivity contribution >= 4 is 10.0 Å². The van der Waals surface area contributed by atoms with Gasteiger partial charge in [-0.05, 0) is 66.4 Å². The topological polar surface area (TPSA) is 68.6 Å². The van der Waals surface area contributed by atoms with Crippen LogP contribution in [0.1, 0.15) is 23.6 Å². The van der Waals surface area contributed by atoms with Crippen LogP contribution in [0.5, 0.6) is 5.75 Å². The van der Waals surface area contributed by atoms with E-state index in [2.05, 4.69) is 0 Å². The normalized spacial score (nSPS) is 20.3. The lowest BCUT2D eigenvalue weighted by Crippen LogP contribution is -2.49. The van der Waals surface area contributed by atoms with Crippen molar-refractivity contribution in [3.8, 4) is 16.9 Å². The summed E-state index contributed by atoms with van der Waals surface area (Å²) in [4.78, 5) is 13.5. The molecule has 35 heavy (non-hydrogen) atoms. The van der Waals surface area contributed by atoms with Crippen molar-refractivity contribution in [2.24, 2.45) is 5.92 Å². The third kappa shape index (κ3) is 4.25. The third-order valence-electron chi connectivity index (χ3n) is 6.77. The van der Waals surface area contributed by atoms with Crippen LogP contribution in [0, 0.1) is 5.92 Å². The molecule has 5 rings (SSSR count). The minimum Gasteiger partial charge on any atom is -0.497 e. The zero-order valence-electron chi connectivity index (χ0n) is 18.8. The Morgan fingerprint density at radius 2 is 1.71 bits per heavy atom. The molecule has 10 heteroatoms. The van der Waals surface area contributed by atoms with Crippen LogP contribution in [-0.4, -0.2) is 37.5 Å². The number of piperidine rings is 1. The molecule has 3 heterocycles. The van der Waals surface area contributed by atoms with E-state index in [1.54, 1.807) is 28.8 Å². The van der Waals surface area contributed by atoms with Gasteiger partial charge in [0.1, 0.15) is 5.75 Å². The minimum atomic E-state index is -4.50. The molecule has 0 saturated carbocycles. The summed E-state index contributed by atoms with van der Waals surface area (Å²) < 4.78 is 74.2. The van der Waals surface area contributed by atoms with Crippen molar-refractivity contribution in [1.82, 2.24) is 8.87 Å². The second-order valence-corrected chi connectivity index (χ2v) is 10.9. The maximum atomic E-state index is 13.3. The van der Waals surface area contributed by atoms with Crippen molar-refractivity contribution < 1.29 is 26.3 Å². The number of alkyl halides is 3. The molecule has 2 aliphatic rings. The van der Waals surface area contributed by atoms with E-state index in [-0.39, 0.29) is 46.5 Å². The lowest BCUT2D eigenvalue weighted by Gasteiger charge is -2.42. The second kappa shape index (κ2) is 8.53. The van der Waals surface area contributed by atoms with Gasteiger partial charge in [0.2, 0.25) is 10.0 Å². The second-order valence-electron chi connectivity index (χ2n) is 8.96. The SMILES string of the molecule is COc1ccc(S(=O)(=O)N2C[C@H]3C[C@H](C2)c2ccc(-c4cccc(C(F)(F)F)c4)c(=O)n2C3)cc1. The van der Waals surface area contributed by atoms with Crippen LogP contribution >= 0.6 is 0 Å². The van der Waals surface area contributed by atoms with Crippen LogP contribution < -0.4 is 10.3 Å². The zero-order valence-corrected chi connectivity index (χ0v) is 19.6. The lowest BCUT2D eigenvalue weighted by molar-refractivity contribution is -0.137. The van der Waals surface area contributed by atoms with E-state index in [4.69, 9.17) is 4.74 Å². The largest absolute Gasteiger partial charge is 0.497 e. The molecular formula is C25H23F3N2O4S. The number of methoxy groups -OCH3 is 1. The van der Waals surface area contributed by atoms with Crippen LogP contribution in [-0.2, 0) is 22.7 Å². The summed E-state index contributed by atoms with van der Waals surface area (Å²) in [6.45, 7) is 0.809. The van der Waals surface area contributed by atoms with Crippen LogP contribution in [0.4, 0.5) is 13.2 Å². The molecule has 1 saturated heterocycles. The maximum absolute atomic E-state index is 13.3. The number of benzene rings is 2. The van der Waals surface area contributed by atoms with Crippen LogP contribution in [0.3, 0.4) is 0 Å². The molecule has 184 valence electrons. The van der Waals surface area contributed by atoms with Gasteiger partial charge in [-0.1, -0.05) is 12.1 Å². The van der Waals surface area contributed by atoms with Gasteiger partial charge in [-0.15, -0.1) is 0 Å². The smallest absolute Gasteiger partial charge is 0.416 e. The van der Waals surface area contributed by atoms with Gasteiger partial charge >= 0.3 is 6.18 Å². The maximum Gasteiger partial charge on any atom is 0.416 e. The molecular weight excluding hydrogens is 481 g/mol. The van der Waals surface area contributed by atoms with E-state index < -0.39 is 21.8 Å². The van der Waals surface area contributed by atoms with Gasteiger partial charge in [0.25, 0.3) is 5.56 Å². The minimum absolute atomic E-state index is 0.0799. The molecule has 1 aromatic heterocycles. The van der Waals surface area contributed by atoms with Crippen LogP contribution in [0.2, 0.25) is 0 Å². The Bertz CT molecular complexity index is 1430. The fourth-order valence-electron chi connectivity index (χ4n) is 5.08. The molecule has 2 aliphatic heterocycles. The summed E-state index contributed by atoms with van der Waals surface area (Å²) in [6.07, 6.45) is -3.76. The first-order chi connectivity index (χ1) is 16.6. The van der Waals surface area contributed by atoms with Crippen molar-refractivity contribution in [3.63, 3.8) is 0 Å². The summed E-state index contributed by atoms with van der Waals surface area (Å²) in [7, 11) is -2.22. The van der Waals surface area contributed by atoms with E-state index in [0.29, 0.717) is 18.0 Å². The number of rotatable bonds is 4. The summed E-state index contributed by atoms with van der Waals surface area (Å²) in [5, 5.41) is 0. The summed E-state index contributed by atoms with van der Waals surface area (Å²) >= 11 is 0. The predicted octanol–water partition coefficient (Wildman–Crippen LogP) is 4.35. The Labute approximate surface area is 200 Å². The van der Waals surface area contributed by atoms with Gasteiger partial charge in [0.05, 0.1) is 17.6 Å². The number of ether oxygens (including phenoxy) is 1. The standard InChI is InChI=1S/C25H23F3N2O4S/c1-34-20-5-7-21(8-6-20)35(32,33)29-13-16-11-18(15-29)23-10-9-22(24(31)30(23)14-16)17-3-2-4-19(12-17)25(26,27)28/h2-10,12,16,18H,11,13-15H2,1H3/t16-,18-/m1/s1. The zero-order chi connectivity index (χ0) is 25.0. The number of aromatic nitrogens is 1. The third-order valence-corrected chi connectivity index (χ3v) is 8.61. The predicted molar refractivity (Wildman–Crippen MR) is 124 cm³/mol. The highest BCUT2D eigenvalue weighted by atomic mass is 32.2. The molecule has 0 aliphatic carbocycles. The van der Waals surface area contributed by atoms with Gasteiger partial charge in [0.15, 0.2) is 0 Å². The van der Waals surface area contributed by atoms with E-state index >= 15 is 0 Å². The van der Waals surface area contributed by atoms with Gasteiger partial charge in [0, 0.05) is 36.8 Å². The van der Waals surface area contributed by atoms with Crippen molar-refractivity contribution in [2.45, 2.75) is 30.0 Å². The fraction of sp³-hybridized carbons (Fsp3) is 0.320. The quantitative estimate of drug-likeness (QED) is 0.530. The average Bonchev–Trinajstić information content (AvgIpc) is 2.84. The van der Waals surface area contributed by atoms with E-state index in [0.717, 1.165) is 18.6 Å². The highest BCUT2D eigenvalue weighted by Gasteiger charge is 2.40. The average molecular weight is 505 g/mol. The fourth-order valence-corrected chi connectivity index (χ4v) is 6.64. The molecule has 0 amide bonds.